The summed E-state index contributed by atoms with van der Waals surface area (Å²) < 4.78 is 3.02. The number of rotatable bonds is 3. The summed E-state index contributed by atoms with van der Waals surface area (Å²) in [7, 11) is 3.93. The topological polar surface area (TPSA) is 37.6 Å². The van der Waals surface area contributed by atoms with Crippen LogP contribution in [0.3, 0.4) is 0 Å². The van der Waals surface area contributed by atoms with Crippen molar-refractivity contribution in [1.29, 1.82) is 0 Å². The van der Waals surface area contributed by atoms with E-state index in [1.165, 1.54) is 11.3 Å². The van der Waals surface area contributed by atoms with Crippen molar-refractivity contribution >= 4 is 43.9 Å². The van der Waals surface area contributed by atoms with Gasteiger partial charge in [-0.15, -0.1) is 6.42 Å². The molecule has 5 heteroatoms. The van der Waals surface area contributed by atoms with Crippen molar-refractivity contribution in [3.05, 3.63) is 71.0 Å². The lowest BCUT2D eigenvalue weighted by molar-refractivity contribution is 0.0998. The molecular weight excluding hydrogens is 366 g/mol. The van der Waals surface area contributed by atoms with Crippen molar-refractivity contribution in [2.75, 3.05) is 19.0 Å². The molecule has 0 spiro atoms. The van der Waals surface area contributed by atoms with Gasteiger partial charge in [-0.05, 0) is 35.7 Å². The number of carbonyl (C=O) groups excluding carboxylic acids is 1. The minimum Gasteiger partial charge on any atom is -0.378 e. The molecule has 0 unspecified atom stereocenters. The van der Waals surface area contributed by atoms with Crippen LogP contribution in [0, 0.1) is 12.3 Å². The van der Waals surface area contributed by atoms with Crippen molar-refractivity contribution in [1.82, 2.24) is 4.57 Å². The SMILES string of the molecule is C#CCn1c(=NC(=O)c2ccc(N(C)C)cc2)sc2c3ccccc3ccc21. The number of amides is 1. The third-order valence-electron chi connectivity index (χ3n) is 4.65. The Morgan fingerprint density at radius 3 is 2.57 bits per heavy atom. The Hall–Kier alpha value is -3.36. The zero-order valence-electron chi connectivity index (χ0n) is 15.7. The second-order valence-corrected chi connectivity index (χ2v) is 7.65. The fourth-order valence-electron chi connectivity index (χ4n) is 3.18. The first-order valence-corrected chi connectivity index (χ1v) is 9.71. The zero-order chi connectivity index (χ0) is 19.7. The Morgan fingerprint density at radius 1 is 1.11 bits per heavy atom. The van der Waals surface area contributed by atoms with Gasteiger partial charge in [0, 0.05) is 30.7 Å². The van der Waals surface area contributed by atoms with E-state index in [2.05, 4.69) is 29.1 Å². The van der Waals surface area contributed by atoms with Crippen LogP contribution in [-0.4, -0.2) is 24.6 Å². The molecule has 0 bridgehead atoms. The Bertz CT molecular complexity index is 1290. The molecule has 138 valence electrons. The molecular formula is C23H19N3OS. The van der Waals surface area contributed by atoms with E-state index in [0.29, 0.717) is 16.9 Å². The van der Waals surface area contributed by atoms with E-state index in [4.69, 9.17) is 6.42 Å². The van der Waals surface area contributed by atoms with Gasteiger partial charge < -0.3 is 9.47 Å². The fraction of sp³-hybridized carbons (Fsp3) is 0.130. The third kappa shape index (κ3) is 3.19. The van der Waals surface area contributed by atoms with Crippen molar-refractivity contribution < 1.29 is 4.79 Å². The predicted molar refractivity (Wildman–Crippen MR) is 117 cm³/mol. The monoisotopic (exact) mass is 385 g/mol. The lowest BCUT2D eigenvalue weighted by Crippen LogP contribution is -2.16. The quantitative estimate of drug-likeness (QED) is 0.493. The molecule has 4 rings (SSSR count). The van der Waals surface area contributed by atoms with Crippen LogP contribution in [-0.2, 0) is 6.54 Å². The van der Waals surface area contributed by atoms with E-state index in [1.807, 2.05) is 53.9 Å². The fourth-order valence-corrected chi connectivity index (χ4v) is 4.34. The predicted octanol–water partition coefficient (Wildman–Crippen LogP) is 4.30. The molecule has 0 N–H and O–H groups in total. The Labute approximate surface area is 167 Å². The molecule has 0 saturated heterocycles. The number of anilines is 1. The van der Waals surface area contributed by atoms with E-state index in [-0.39, 0.29) is 5.91 Å². The van der Waals surface area contributed by atoms with Crippen molar-refractivity contribution in [3.63, 3.8) is 0 Å². The molecule has 1 amide bonds. The lowest BCUT2D eigenvalue weighted by atomic mass is 10.1. The Kier molecular flexibility index (Phi) is 4.72. The number of thiazole rings is 1. The number of aromatic nitrogens is 1. The van der Waals surface area contributed by atoms with E-state index in [9.17, 15) is 4.79 Å². The first-order valence-electron chi connectivity index (χ1n) is 8.89. The molecule has 0 aliphatic heterocycles. The first kappa shape index (κ1) is 18.0. The van der Waals surface area contributed by atoms with Crippen molar-refractivity contribution in [2.24, 2.45) is 4.99 Å². The average Bonchev–Trinajstić information content (AvgIpc) is 3.06. The van der Waals surface area contributed by atoms with Gasteiger partial charge >= 0.3 is 0 Å². The Morgan fingerprint density at radius 2 is 1.86 bits per heavy atom. The number of nitrogens with zero attached hydrogens (tertiary/aromatic N) is 3. The molecule has 0 aliphatic rings. The number of carbonyl (C=O) groups is 1. The normalized spacial score (nSPS) is 11.7. The van der Waals surface area contributed by atoms with Gasteiger partial charge in [0.15, 0.2) is 4.80 Å². The molecule has 28 heavy (non-hydrogen) atoms. The summed E-state index contributed by atoms with van der Waals surface area (Å²) in [4.78, 5) is 19.8. The number of fused-ring (bicyclic) bond motifs is 3. The molecule has 0 saturated carbocycles. The zero-order valence-corrected chi connectivity index (χ0v) is 16.5. The molecule has 1 heterocycles. The second kappa shape index (κ2) is 7.34. The molecule has 4 aromatic rings. The maximum Gasteiger partial charge on any atom is 0.279 e. The molecule has 0 fully saturated rings. The van der Waals surface area contributed by atoms with Gasteiger partial charge in [-0.2, -0.15) is 4.99 Å². The highest BCUT2D eigenvalue weighted by atomic mass is 32.1. The van der Waals surface area contributed by atoms with Crippen LogP contribution >= 0.6 is 11.3 Å². The summed E-state index contributed by atoms with van der Waals surface area (Å²) in [5.74, 6) is 2.41. The van der Waals surface area contributed by atoms with Crippen LogP contribution in [0.5, 0.6) is 0 Å². The van der Waals surface area contributed by atoms with Crippen molar-refractivity contribution in [2.45, 2.75) is 6.54 Å². The lowest BCUT2D eigenvalue weighted by Gasteiger charge is -2.11. The maximum absolute atomic E-state index is 12.8. The summed E-state index contributed by atoms with van der Waals surface area (Å²) >= 11 is 1.50. The minimum absolute atomic E-state index is 0.271. The van der Waals surface area contributed by atoms with Gasteiger partial charge in [-0.25, -0.2) is 0 Å². The van der Waals surface area contributed by atoms with Crippen LogP contribution in [0.15, 0.2) is 65.7 Å². The van der Waals surface area contributed by atoms with E-state index >= 15 is 0 Å². The van der Waals surface area contributed by atoms with Crippen LogP contribution in [0.25, 0.3) is 21.0 Å². The maximum atomic E-state index is 12.8. The largest absolute Gasteiger partial charge is 0.378 e. The smallest absolute Gasteiger partial charge is 0.279 e. The van der Waals surface area contributed by atoms with Crippen LogP contribution in [0.1, 0.15) is 10.4 Å². The minimum atomic E-state index is -0.271. The summed E-state index contributed by atoms with van der Waals surface area (Å²) in [6.07, 6.45) is 5.58. The van der Waals surface area contributed by atoms with Gasteiger partial charge in [-0.1, -0.05) is 47.6 Å². The van der Waals surface area contributed by atoms with E-state index < -0.39 is 0 Å². The van der Waals surface area contributed by atoms with E-state index in [0.717, 1.165) is 26.7 Å². The highest BCUT2D eigenvalue weighted by Gasteiger charge is 2.11. The molecule has 0 atom stereocenters. The van der Waals surface area contributed by atoms with Gasteiger partial charge in [0.1, 0.15) is 0 Å². The number of terminal acetylenes is 1. The molecule has 1 aromatic heterocycles. The number of hydrogen-bond donors (Lipinski definition) is 0. The van der Waals surface area contributed by atoms with Gasteiger partial charge in [-0.3, -0.25) is 4.79 Å². The molecule has 3 aromatic carbocycles. The first-order chi connectivity index (χ1) is 13.6. The van der Waals surface area contributed by atoms with Crippen LogP contribution in [0.2, 0.25) is 0 Å². The Balaban J connectivity index is 1.87. The number of benzene rings is 3. The standard InChI is InChI=1S/C23H19N3OS/c1-4-15-26-20-14-11-16-7-5-6-8-19(16)21(20)28-23(26)24-22(27)17-9-12-18(13-10-17)25(2)3/h1,5-14H,15H2,2-3H3. The van der Waals surface area contributed by atoms with Crippen LogP contribution in [0.4, 0.5) is 5.69 Å². The van der Waals surface area contributed by atoms with Gasteiger partial charge in [0.25, 0.3) is 5.91 Å². The van der Waals surface area contributed by atoms with Crippen molar-refractivity contribution in [3.8, 4) is 12.3 Å². The highest BCUT2D eigenvalue weighted by Crippen LogP contribution is 2.27. The van der Waals surface area contributed by atoms with E-state index in [1.54, 1.807) is 12.1 Å². The highest BCUT2D eigenvalue weighted by molar-refractivity contribution is 7.17. The summed E-state index contributed by atoms with van der Waals surface area (Å²) in [6, 6.07) is 19.7. The number of hydrogen-bond acceptors (Lipinski definition) is 3. The summed E-state index contributed by atoms with van der Waals surface area (Å²) in [6.45, 7) is 0.365. The van der Waals surface area contributed by atoms with Gasteiger partial charge in [0.2, 0.25) is 0 Å². The third-order valence-corrected chi connectivity index (χ3v) is 5.78. The summed E-state index contributed by atoms with van der Waals surface area (Å²) in [5, 5.41) is 2.29. The van der Waals surface area contributed by atoms with Gasteiger partial charge in [0.05, 0.1) is 16.8 Å². The summed E-state index contributed by atoms with van der Waals surface area (Å²) in [5.41, 5.74) is 2.59. The van der Waals surface area contributed by atoms with Crippen LogP contribution < -0.4 is 9.70 Å². The second-order valence-electron chi connectivity index (χ2n) is 6.67. The average molecular weight is 385 g/mol. The molecule has 0 radical (unpaired) electrons. The molecule has 0 aliphatic carbocycles. The molecule has 4 nitrogen and oxygen atoms in total.